The van der Waals surface area contributed by atoms with Gasteiger partial charge in [-0.2, -0.15) is 0 Å². The SMILES string of the molecule is [Al].[CH2]C.[CH2]C.[CH2]C.[Cl-]. The highest BCUT2D eigenvalue weighted by molar-refractivity contribution is 5.75. The molecule has 0 aromatic heterocycles. The average Bonchev–Trinajstić information content (AvgIpc) is 1.81. The summed E-state index contributed by atoms with van der Waals surface area (Å²) in [7, 11) is 0. The Hall–Kier alpha value is 0.822. The first-order valence-corrected chi connectivity index (χ1v) is 2.12. The molecule has 6 radical (unpaired) electrons. The molecule has 0 spiro atoms. The van der Waals surface area contributed by atoms with Crippen LogP contribution in [0.1, 0.15) is 20.8 Å². The van der Waals surface area contributed by atoms with Gasteiger partial charge in [-0.15, -0.1) is 0 Å². The van der Waals surface area contributed by atoms with Crippen LogP contribution in [-0.2, 0) is 0 Å². The summed E-state index contributed by atoms with van der Waals surface area (Å²) >= 11 is 0. The van der Waals surface area contributed by atoms with Crippen molar-refractivity contribution in [3.63, 3.8) is 0 Å². The summed E-state index contributed by atoms with van der Waals surface area (Å²) < 4.78 is 0. The number of hydrogen-bond donors (Lipinski definition) is 0. The van der Waals surface area contributed by atoms with Crippen molar-refractivity contribution in [2.24, 2.45) is 0 Å². The summed E-state index contributed by atoms with van der Waals surface area (Å²) in [6, 6.07) is 0. The van der Waals surface area contributed by atoms with Gasteiger partial charge in [-0.1, -0.05) is 41.5 Å². The number of rotatable bonds is 0. The van der Waals surface area contributed by atoms with Crippen LogP contribution in [0.3, 0.4) is 0 Å². The largest absolute Gasteiger partial charge is 1.00 e. The van der Waals surface area contributed by atoms with E-state index in [1.165, 1.54) is 0 Å². The lowest BCUT2D eigenvalue weighted by Crippen LogP contribution is -3.00. The van der Waals surface area contributed by atoms with Crippen molar-refractivity contribution in [3.05, 3.63) is 20.8 Å². The van der Waals surface area contributed by atoms with Gasteiger partial charge >= 0.3 is 0 Å². The van der Waals surface area contributed by atoms with Crippen LogP contribution >= 0.6 is 0 Å². The molecule has 0 N–H and O–H groups in total. The Bertz CT molecular complexity index is 8.49. The van der Waals surface area contributed by atoms with Crippen molar-refractivity contribution in [2.75, 3.05) is 0 Å². The minimum atomic E-state index is 0. The normalized spacial score (nSPS) is 2.25. The van der Waals surface area contributed by atoms with E-state index in [-0.39, 0.29) is 29.8 Å². The maximum atomic E-state index is 3.25. The van der Waals surface area contributed by atoms with Gasteiger partial charge in [0.2, 0.25) is 0 Å². The van der Waals surface area contributed by atoms with Crippen LogP contribution in [0.25, 0.3) is 0 Å². The second-order valence-corrected chi connectivity index (χ2v) is 0. The van der Waals surface area contributed by atoms with Crippen LogP contribution in [0.5, 0.6) is 0 Å². The molecule has 0 unspecified atom stereocenters. The first-order chi connectivity index (χ1) is 3.00. The molecule has 0 aliphatic carbocycles. The lowest BCUT2D eigenvalue weighted by atomic mass is 11.0. The molecule has 0 aromatic rings. The Labute approximate surface area is 71.6 Å². The summed E-state index contributed by atoms with van der Waals surface area (Å²) in [6.07, 6.45) is 0. The van der Waals surface area contributed by atoms with Gasteiger partial charge in [0, 0.05) is 17.4 Å². The summed E-state index contributed by atoms with van der Waals surface area (Å²) in [5.74, 6) is 0. The van der Waals surface area contributed by atoms with E-state index in [9.17, 15) is 0 Å². The van der Waals surface area contributed by atoms with Crippen molar-refractivity contribution in [1.82, 2.24) is 0 Å². The minimum absolute atomic E-state index is 0. The highest BCUT2D eigenvalue weighted by atomic mass is 35.5. The van der Waals surface area contributed by atoms with Crippen LogP contribution in [0.4, 0.5) is 0 Å². The summed E-state index contributed by atoms with van der Waals surface area (Å²) in [5.41, 5.74) is 0. The molecule has 0 amide bonds. The fourth-order valence-electron chi connectivity index (χ4n) is 0. The van der Waals surface area contributed by atoms with Crippen molar-refractivity contribution in [1.29, 1.82) is 0 Å². The first kappa shape index (κ1) is 36.9. The average molecular weight is 150 g/mol. The molecule has 0 rings (SSSR count). The third kappa shape index (κ3) is 342. The smallest absolute Gasteiger partial charge is 0 e. The molecule has 0 nitrogen and oxygen atoms in total. The Morgan fingerprint density at radius 2 is 0.625 bits per heavy atom. The van der Waals surface area contributed by atoms with E-state index in [0.29, 0.717) is 0 Å². The molecule has 2 heteroatoms. The molecule has 0 bridgehead atoms. The monoisotopic (exact) mass is 149 g/mol. The predicted octanol–water partition coefficient (Wildman–Crippen LogP) is -0.856. The van der Waals surface area contributed by atoms with Gasteiger partial charge in [-0.3, -0.25) is 0 Å². The third-order valence-corrected chi connectivity index (χ3v) is 0. The highest BCUT2D eigenvalue weighted by Crippen LogP contribution is 1.12. The molecule has 0 heterocycles. The Morgan fingerprint density at radius 3 is 0.625 bits per heavy atom. The second kappa shape index (κ2) is 538. The van der Waals surface area contributed by atoms with Crippen LogP contribution < -0.4 is 12.4 Å². The van der Waals surface area contributed by atoms with Crippen molar-refractivity contribution < 1.29 is 12.4 Å². The molecular formula is C6H15AlCl-. The van der Waals surface area contributed by atoms with Crippen molar-refractivity contribution >= 4 is 17.4 Å². The standard InChI is InChI=1S/3C2H5.Al.ClH/c3*1-2;;/h3*1H2,2H3;;1H/p-1. The zero-order valence-electron chi connectivity index (χ0n) is 6.08. The van der Waals surface area contributed by atoms with Gasteiger partial charge in [-0.05, 0) is 0 Å². The fraction of sp³-hybridized carbons (Fsp3) is 0.500. The Balaban J connectivity index is -0.00000000500. The summed E-state index contributed by atoms with van der Waals surface area (Å²) in [5, 5.41) is 0. The minimum Gasteiger partial charge on any atom is -1.00 e. The first-order valence-electron chi connectivity index (χ1n) is 2.12. The highest BCUT2D eigenvalue weighted by Gasteiger charge is 0.943. The molecule has 0 fully saturated rings. The number of halogens is 1. The fourth-order valence-corrected chi connectivity index (χ4v) is 0. The van der Waals surface area contributed by atoms with Gasteiger partial charge < -0.3 is 12.4 Å². The molecule has 0 aliphatic rings. The quantitative estimate of drug-likeness (QED) is 0.394. The molecule has 8 heavy (non-hydrogen) atoms. The molecule has 0 aromatic carbocycles. The maximum Gasteiger partial charge on any atom is 0 e. The molecule has 0 saturated carbocycles. The molecule has 0 aliphatic heterocycles. The zero-order valence-corrected chi connectivity index (χ0v) is 7.99. The maximum absolute atomic E-state index is 3.25. The van der Waals surface area contributed by atoms with Crippen LogP contribution in [0.15, 0.2) is 0 Å². The molecule has 0 atom stereocenters. The second-order valence-electron chi connectivity index (χ2n) is 0. The Morgan fingerprint density at radius 1 is 0.625 bits per heavy atom. The molecule has 0 saturated heterocycles. The molecular weight excluding hydrogens is 135 g/mol. The lowest BCUT2D eigenvalue weighted by molar-refractivity contribution is -0.00000175. The van der Waals surface area contributed by atoms with Gasteiger partial charge in [0.1, 0.15) is 0 Å². The van der Waals surface area contributed by atoms with E-state index in [1.807, 2.05) is 0 Å². The van der Waals surface area contributed by atoms with Crippen molar-refractivity contribution in [2.45, 2.75) is 20.8 Å². The van der Waals surface area contributed by atoms with Gasteiger partial charge in [0.25, 0.3) is 0 Å². The van der Waals surface area contributed by atoms with Gasteiger partial charge in [-0.25, -0.2) is 0 Å². The predicted molar refractivity (Wildman–Crippen MR) is 38.8 cm³/mol. The van der Waals surface area contributed by atoms with Gasteiger partial charge in [0.15, 0.2) is 0 Å². The van der Waals surface area contributed by atoms with E-state index in [2.05, 4.69) is 20.8 Å². The summed E-state index contributed by atoms with van der Waals surface area (Å²) in [4.78, 5) is 0. The van der Waals surface area contributed by atoms with E-state index in [4.69, 9.17) is 0 Å². The topological polar surface area (TPSA) is 0 Å². The van der Waals surface area contributed by atoms with Crippen LogP contribution in [0, 0.1) is 20.8 Å². The lowest BCUT2D eigenvalue weighted by Gasteiger charge is -1.06. The molecule has 50 valence electrons. The van der Waals surface area contributed by atoms with Gasteiger partial charge in [0.05, 0.1) is 0 Å². The van der Waals surface area contributed by atoms with E-state index in [1.54, 1.807) is 20.8 Å². The third-order valence-electron chi connectivity index (χ3n) is 0. The zero-order chi connectivity index (χ0) is 6.00. The van der Waals surface area contributed by atoms with Crippen molar-refractivity contribution in [3.8, 4) is 0 Å². The van der Waals surface area contributed by atoms with E-state index < -0.39 is 0 Å². The van der Waals surface area contributed by atoms with E-state index in [0.717, 1.165) is 0 Å². The van der Waals surface area contributed by atoms with Crippen LogP contribution in [-0.4, -0.2) is 17.4 Å². The van der Waals surface area contributed by atoms with E-state index >= 15 is 0 Å². The Kier molecular flexibility index (Phi) is 2490. The summed E-state index contributed by atoms with van der Waals surface area (Å²) in [6.45, 7) is 15.0. The number of hydrogen-bond acceptors (Lipinski definition) is 0. The van der Waals surface area contributed by atoms with Crippen LogP contribution in [0.2, 0.25) is 0 Å².